The number of hydrogen-bond donors (Lipinski definition) is 2. The van der Waals surface area contributed by atoms with Gasteiger partial charge < -0.3 is 19.9 Å². The lowest BCUT2D eigenvalue weighted by Crippen LogP contribution is -2.52. The highest BCUT2D eigenvalue weighted by atomic mass is 79.9. The van der Waals surface area contributed by atoms with Crippen LogP contribution in [0.4, 0.5) is 9.52 Å². The van der Waals surface area contributed by atoms with E-state index < -0.39 is 24.1 Å². The van der Waals surface area contributed by atoms with Gasteiger partial charge in [0.05, 0.1) is 28.7 Å². The van der Waals surface area contributed by atoms with Crippen LogP contribution in [0.15, 0.2) is 10.8 Å². The number of nitrogens with zero attached hydrogens (tertiary/aromatic N) is 5. The number of alkyl halides is 1. The minimum Gasteiger partial charge on any atom is -0.462 e. The summed E-state index contributed by atoms with van der Waals surface area (Å²) in [6, 6.07) is -0.680. The highest BCUT2D eigenvalue weighted by molar-refractivity contribution is 9.10. The molecule has 34 heavy (non-hydrogen) atoms. The number of piperidine rings is 1. The predicted octanol–water partition coefficient (Wildman–Crippen LogP) is 3.51. The number of rotatable bonds is 6. The van der Waals surface area contributed by atoms with Gasteiger partial charge in [-0.3, -0.25) is 4.79 Å². The van der Waals surface area contributed by atoms with Crippen molar-refractivity contribution in [2.45, 2.75) is 32.5 Å². The number of aromatic amines is 1. The fraction of sp³-hybridized carbons (Fsp3) is 0.450. The number of aryl methyl sites for hydroxylation is 2. The number of carbonyl (C=O) groups is 2. The van der Waals surface area contributed by atoms with Gasteiger partial charge in [0.2, 0.25) is 0 Å². The van der Waals surface area contributed by atoms with Gasteiger partial charge in [0.25, 0.3) is 5.91 Å². The molecule has 0 spiro atoms. The lowest BCUT2D eigenvalue weighted by Gasteiger charge is -2.34. The monoisotopic (exact) mass is 573 g/mol. The lowest BCUT2D eigenvalue weighted by atomic mass is 10.0. The van der Waals surface area contributed by atoms with Crippen molar-refractivity contribution in [1.29, 1.82) is 0 Å². The molecule has 0 saturated carbocycles. The minimum atomic E-state index is -1.35. The average molecular weight is 575 g/mol. The second-order valence-electron chi connectivity index (χ2n) is 7.69. The van der Waals surface area contributed by atoms with Crippen LogP contribution in [0.25, 0.3) is 11.5 Å². The van der Waals surface area contributed by atoms with Crippen LogP contribution in [0, 0.1) is 6.92 Å². The van der Waals surface area contributed by atoms with Gasteiger partial charge in [-0.15, -0.1) is 0 Å². The van der Waals surface area contributed by atoms with Gasteiger partial charge in [-0.05, 0) is 36.2 Å². The second kappa shape index (κ2) is 10.0. The van der Waals surface area contributed by atoms with E-state index in [1.165, 1.54) is 11.0 Å². The van der Waals surface area contributed by atoms with Crippen molar-refractivity contribution in [2.24, 2.45) is 7.05 Å². The maximum Gasteiger partial charge on any atom is 0.350 e. The molecule has 2 unspecified atom stereocenters. The molecular weight excluding hydrogens is 553 g/mol. The smallest absolute Gasteiger partial charge is 0.350 e. The van der Waals surface area contributed by atoms with Gasteiger partial charge in [0.1, 0.15) is 28.8 Å². The van der Waals surface area contributed by atoms with Gasteiger partial charge in [-0.1, -0.05) is 22.9 Å². The Balaban J connectivity index is 1.50. The molecule has 1 amide bonds. The Morgan fingerprint density at radius 2 is 2.24 bits per heavy atom. The third kappa shape index (κ3) is 4.68. The average Bonchev–Trinajstić information content (AvgIpc) is 3.49. The van der Waals surface area contributed by atoms with E-state index in [0.29, 0.717) is 44.8 Å². The van der Waals surface area contributed by atoms with Crippen molar-refractivity contribution < 1.29 is 18.7 Å². The first kappa shape index (κ1) is 24.6. The number of amides is 1. The fourth-order valence-corrected chi connectivity index (χ4v) is 5.36. The largest absolute Gasteiger partial charge is 0.462 e. The number of halogens is 3. The summed E-state index contributed by atoms with van der Waals surface area (Å²) < 4.78 is 22.2. The Kier molecular flexibility index (Phi) is 7.24. The number of anilines is 1. The Hall–Kier alpha value is -2.51. The topological polar surface area (TPSA) is 118 Å². The van der Waals surface area contributed by atoms with E-state index in [1.807, 2.05) is 0 Å². The molecule has 0 aliphatic carbocycles. The molecule has 1 aliphatic heterocycles. The summed E-state index contributed by atoms with van der Waals surface area (Å²) >= 11 is 10.5. The van der Waals surface area contributed by atoms with E-state index in [4.69, 9.17) is 16.3 Å². The molecule has 4 rings (SSSR count). The Bertz CT molecular complexity index is 1230. The number of ether oxygens (including phenoxy) is 1. The van der Waals surface area contributed by atoms with E-state index in [2.05, 4.69) is 41.3 Å². The zero-order chi connectivity index (χ0) is 24.6. The van der Waals surface area contributed by atoms with Crippen molar-refractivity contribution in [3.63, 3.8) is 0 Å². The second-order valence-corrected chi connectivity index (χ2v) is 9.83. The number of hydrogen-bond acceptors (Lipinski definition) is 8. The number of carbonyl (C=O) groups excluding carboxylic acids is 2. The molecule has 1 fully saturated rings. The summed E-state index contributed by atoms with van der Waals surface area (Å²) in [6.45, 7) is 4.11. The summed E-state index contributed by atoms with van der Waals surface area (Å²) in [5.74, 6) is -0.546. The SMILES string of the molecule is CCOC(=O)c1sc(N2CCC(NC(=O)c3[nH]c(C)c(Cl)c3Br)C(F)C2)nc1-c1ncnn1C. The van der Waals surface area contributed by atoms with Crippen molar-refractivity contribution >= 4 is 55.9 Å². The molecule has 3 aromatic heterocycles. The van der Waals surface area contributed by atoms with Gasteiger partial charge in [0.15, 0.2) is 11.0 Å². The molecule has 14 heteroatoms. The Morgan fingerprint density at radius 1 is 1.47 bits per heavy atom. The number of esters is 1. The summed E-state index contributed by atoms with van der Waals surface area (Å²) in [7, 11) is 1.69. The van der Waals surface area contributed by atoms with E-state index in [-0.39, 0.29) is 23.7 Å². The predicted molar refractivity (Wildman–Crippen MR) is 129 cm³/mol. The first-order valence-corrected chi connectivity index (χ1v) is 12.5. The molecule has 1 saturated heterocycles. The minimum absolute atomic E-state index is 0.00462. The molecule has 3 aromatic rings. The summed E-state index contributed by atoms with van der Waals surface area (Å²) in [4.78, 5) is 38.9. The molecule has 0 bridgehead atoms. The Morgan fingerprint density at radius 3 is 2.82 bits per heavy atom. The highest BCUT2D eigenvalue weighted by Crippen LogP contribution is 2.35. The van der Waals surface area contributed by atoms with Gasteiger partial charge in [-0.25, -0.2) is 23.8 Å². The van der Waals surface area contributed by atoms with Crippen LogP contribution in [-0.4, -0.2) is 68.5 Å². The molecule has 10 nitrogen and oxygen atoms in total. The molecule has 2 N–H and O–H groups in total. The number of aromatic nitrogens is 5. The summed E-state index contributed by atoms with van der Waals surface area (Å²) in [5.41, 5.74) is 1.24. The number of H-pyrrole nitrogens is 1. The van der Waals surface area contributed by atoms with Crippen LogP contribution in [0.3, 0.4) is 0 Å². The quantitative estimate of drug-likeness (QED) is 0.433. The van der Waals surface area contributed by atoms with Gasteiger partial charge >= 0.3 is 5.97 Å². The molecule has 0 radical (unpaired) electrons. The third-order valence-corrected chi connectivity index (χ3v) is 8.00. The highest BCUT2D eigenvalue weighted by Gasteiger charge is 2.34. The van der Waals surface area contributed by atoms with E-state index in [1.54, 1.807) is 25.8 Å². The molecule has 182 valence electrons. The third-order valence-electron chi connectivity index (χ3n) is 5.41. The van der Waals surface area contributed by atoms with Crippen LogP contribution in [0.5, 0.6) is 0 Å². The fourth-order valence-electron chi connectivity index (χ4n) is 3.65. The Labute approximate surface area is 212 Å². The van der Waals surface area contributed by atoms with Crippen LogP contribution in [0.1, 0.15) is 39.2 Å². The van der Waals surface area contributed by atoms with Crippen LogP contribution in [-0.2, 0) is 11.8 Å². The lowest BCUT2D eigenvalue weighted by molar-refractivity contribution is 0.0532. The van der Waals surface area contributed by atoms with E-state index >= 15 is 4.39 Å². The summed E-state index contributed by atoms with van der Waals surface area (Å²) in [5, 5.41) is 7.67. The molecule has 0 aromatic carbocycles. The van der Waals surface area contributed by atoms with E-state index in [0.717, 1.165) is 11.3 Å². The number of thiazole rings is 1. The first-order valence-electron chi connectivity index (χ1n) is 10.5. The molecular formula is C20H22BrClFN7O3S. The van der Waals surface area contributed by atoms with Crippen molar-refractivity contribution in [3.05, 3.63) is 32.1 Å². The van der Waals surface area contributed by atoms with Crippen LogP contribution < -0.4 is 10.2 Å². The number of nitrogens with one attached hydrogen (secondary N) is 2. The van der Waals surface area contributed by atoms with Crippen molar-refractivity contribution in [2.75, 3.05) is 24.6 Å². The normalized spacial score (nSPS) is 18.2. The van der Waals surface area contributed by atoms with Crippen molar-refractivity contribution in [3.8, 4) is 11.5 Å². The maximum atomic E-state index is 15.1. The zero-order valence-electron chi connectivity index (χ0n) is 18.6. The zero-order valence-corrected chi connectivity index (χ0v) is 21.7. The van der Waals surface area contributed by atoms with Crippen molar-refractivity contribution in [1.82, 2.24) is 30.0 Å². The van der Waals surface area contributed by atoms with Gasteiger partial charge in [-0.2, -0.15) is 5.10 Å². The van der Waals surface area contributed by atoms with Gasteiger partial charge in [0, 0.05) is 19.3 Å². The van der Waals surface area contributed by atoms with Crippen LogP contribution in [0.2, 0.25) is 5.02 Å². The molecule has 4 heterocycles. The standard InChI is InChI=1S/C20H22BrClFN7O3S/c1-4-33-19(32)16-15(17-24-8-25-29(17)3)28-20(34-16)30-6-5-11(10(23)7-30)27-18(31)14-12(21)13(22)9(2)26-14/h8,10-11,26H,4-7H2,1-3H3,(H,27,31). The molecule has 1 aliphatic rings. The van der Waals surface area contributed by atoms with E-state index in [9.17, 15) is 9.59 Å². The maximum absolute atomic E-state index is 15.1. The van der Waals surface area contributed by atoms with Crippen LogP contribution >= 0.6 is 38.9 Å². The first-order chi connectivity index (χ1) is 16.2. The molecule has 2 atom stereocenters. The summed E-state index contributed by atoms with van der Waals surface area (Å²) in [6.07, 6.45) is 0.369.